The fraction of sp³-hybridized carbons (Fsp3) is 0.440. The summed E-state index contributed by atoms with van der Waals surface area (Å²) in [6.45, 7) is 0.567. The molecule has 0 fully saturated rings. The fourth-order valence-electron chi connectivity index (χ4n) is 4.00. The van der Waals surface area contributed by atoms with Crippen LogP contribution in [0, 0.1) is 0 Å². The maximum atomic E-state index is 12.2. The number of hydrogen-bond donors (Lipinski definition) is 2. The first kappa shape index (κ1) is 22.7. The molecule has 2 aromatic carbocycles. The van der Waals surface area contributed by atoms with Crippen molar-refractivity contribution in [3.8, 4) is 11.5 Å². The molecular weight excluding hydrogens is 392 g/mol. The van der Waals surface area contributed by atoms with Crippen LogP contribution in [0.1, 0.15) is 42.4 Å². The summed E-state index contributed by atoms with van der Waals surface area (Å²) in [4.78, 5) is 24.2. The number of unbranched alkanes of at least 4 members (excludes halogenated alkanes) is 1. The second-order valence-electron chi connectivity index (χ2n) is 7.94. The van der Waals surface area contributed by atoms with Crippen molar-refractivity contribution in [2.24, 2.45) is 0 Å². The van der Waals surface area contributed by atoms with Crippen LogP contribution in [0.5, 0.6) is 11.5 Å². The zero-order chi connectivity index (χ0) is 22.1. The summed E-state index contributed by atoms with van der Waals surface area (Å²) >= 11 is 0. The van der Waals surface area contributed by atoms with Crippen LogP contribution in [-0.4, -0.2) is 38.6 Å². The predicted octanol–water partition coefficient (Wildman–Crippen LogP) is 3.21. The number of carbonyl (C=O) groups is 2. The molecule has 0 saturated carbocycles. The molecule has 166 valence electrons. The van der Waals surface area contributed by atoms with Crippen LogP contribution < -0.4 is 20.1 Å². The fourth-order valence-corrected chi connectivity index (χ4v) is 4.00. The number of carbonyl (C=O) groups excluding carboxylic acids is 2. The Kier molecular flexibility index (Phi) is 8.33. The molecule has 6 nitrogen and oxygen atoms in total. The lowest BCUT2D eigenvalue weighted by Crippen LogP contribution is -2.35. The molecule has 2 aromatic rings. The largest absolute Gasteiger partial charge is 0.493 e. The van der Waals surface area contributed by atoms with Crippen molar-refractivity contribution < 1.29 is 19.1 Å². The normalized spacial score (nSPS) is 12.8. The van der Waals surface area contributed by atoms with E-state index in [4.69, 9.17) is 9.47 Å². The lowest BCUT2D eigenvalue weighted by molar-refractivity contribution is -0.123. The van der Waals surface area contributed by atoms with E-state index >= 15 is 0 Å². The molecule has 6 heteroatoms. The lowest BCUT2D eigenvalue weighted by Gasteiger charge is -2.12. The van der Waals surface area contributed by atoms with Crippen molar-refractivity contribution in [3.05, 3.63) is 59.2 Å². The first-order chi connectivity index (χ1) is 15.1. The van der Waals surface area contributed by atoms with Crippen LogP contribution in [0.4, 0.5) is 0 Å². The Morgan fingerprint density at radius 2 is 1.55 bits per heavy atom. The number of benzene rings is 2. The van der Waals surface area contributed by atoms with E-state index in [1.807, 2.05) is 30.3 Å². The van der Waals surface area contributed by atoms with E-state index in [2.05, 4.69) is 22.8 Å². The van der Waals surface area contributed by atoms with Gasteiger partial charge in [-0.05, 0) is 60.9 Å². The van der Waals surface area contributed by atoms with Gasteiger partial charge in [0.25, 0.3) is 0 Å². The monoisotopic (exact) mass is 424 g/mol. The quantitative estimate of drug-likeness (QED) is 0.543. The van der Waals surface area contributed by atoms with Gasteiger partial charge in [-0.25, -0.2) is 0 Å². The molecule has 0 heterocycles. The molecule has 3 rings (SSSR count). The molecule has 2 N–H and O–H groups in total. The Labute approximate surface area is 184 Å². The van der Waals surface area contributed by atoms with Gasteiger partial charge in [-0.2, -0.15) is 0 Å². The average molecular weight is 425 g/mol. The van der Waals surface area contributed by atoms with Crippen LogP contribution in [0.3, 0.4) is 0 Å². The summed E-state index contributed by atoms with van der Waals surface area (Å²) in [5.74, 6) is 1.47. The standard InChI is InChI=1S/C25H32N2O4/c1-30-22-12-11-18(15-23(22)31-2)13-14-26-24(28)9-5-6-10-25(29)27-21-16-19-7-3-4-8-20(19)17-21/h3-4,7-8,11-12,15,21H,5-6,9-10,13-14,16-17H2,1-2H3,(H,26,28)(H,27,29). The van der Waals surface area contributed by atoms with Crippen LogP contribution in [0.25, 0.3) is 0 Å². The SMILES string of the molecule is COc1ccc(CCNC(=O)CCCCC(=O)NC2Cc3ccccc3C2)cc1OC. The molecule has 0 saturated heterocycles. The number of nitrogens with one attached hydrogen (secondary N) is 2. The Bertz CT molecular complexity index is 872. The molecule has 1 aliphatic rings. The lowest BCUT2D eigenvalue weighted by atomic mass is 10.1. The number of ether oxygens (including phenoxy) is 2. The Morgan fingerprint density at radius 3 is 2.19 bits per heavy atom. The van der Waals surface area contributed by atoms with Crippen molar-refractivity contribution in [1.29, 1.82) is 0 Å². The van der Waals surface area contributed by atoms with E-state index in [0.29, 0.717) is 43.7 Å². The highest BCUT2D eigenvalue weighted by Gasteiger charge is 2.22. The van der Waals surface area contributed by atoms with Gasteiger partial charge in [0.2, 0.25) is 11.8 Å². The molecule has 0 aromatic heterocycles. The van der Waals surface area contributed by atoms with Gasteiger partial charge in [0.15, 0.2) is 11.5 Å². The first-order valence-electron chi connectivity index (χ1n) is 10.9. The third-order valence-corrected chi connectivity index (χ3v) is 5.66. The van der Waals surface area contributed by atoms with Gasteiger partial charge < -0.3 is 20.1 Å². The minimum atomic E-state index is 0.0205. The molecule has 0 atom stereocenters. The zero-order valence-electron chi connectivity index (χ0n) is 18.4. The van der Waals surface area contributed by atoms with Gasteiger partial charge in [-0.3, -0.25) is 9.59 Å². The second kappa shape index (κ2) is 11.4. The summed E-state index contributed by atoms with van der Waals surface area (Å²) in [5, 5.41) is 6.07. The highest BCUT2D eigenvalue weighted by atomic mass is 16.5. The van der Waals surface area contributed by atoms with Crippen LogP contribution in [0.2, 0.25) is 0 Å². The van der Waals surface area contributed by atoms with E-state index < -0.39 is 0 Å². The van der Waals surface area contributed by atoms with Gasteiger partial charge >= 0.3 is 0 Å². The van der Waals surface area contributed by atoms with Crippen molar-refractivity contribution in [2.75, 3.05) is 20.8 Å². The summed E-state index contributed by atoms with van der Waals surface area (Å²) in [5.41, 5.74) is 3.73. The van der Waals surface area contributed by atoms with Crippen molar-refractivity contribution in [1.82, 2.24) is 10.6 Å². The van der Waals surface area contributed by atoms with Crippen molar-refractivity contribution >= 4 is 11.8 Å². The Balaban J connectivity index is 1.26. The third-order valence-electron chi connectivity index (χ3n) is 5.66. The topological polar surface area (TPSA) is 76.7 Å². The zero-order valence-corrected chi connectivity index (χ0v) is 18.4. The molecule has 2 amide bonds. The van der Waals surface area contributed by atoms with E-state index in [1.54, 1.807) is 14.2 Å². The molecular formula is C25H32N2O4. The molecule has 0 unspecified atom stereocenters. The van der Waals surface area contributed by atoms with Crippen molar-refractivity contribution in [2.45, 2.75) is 51.0 Å². The maximum Gasteiger partial charge on any atom is 0.220 e. The maximum absolute atomic E-state index is 12.2. The number of methoxy groups -OCH3 is 2. The van der Waals surface area contributed by atoms with Crippen LogP contribution >= 0.6 is 0 Å². The smallest absolute Gasteiger partial charge is 0.220 e. The minimum Gasteiger partial charge on any atom is -0.493 e. The number of hydrogen-bond acceptors (Lipinski definition) is 4. The average Bonchev–Trinajstić information content (AvgIpc) is 3.18. The first-order valence-corrected chi connectivity index (χ1v) is 10.9. The van der Waals surface area contributed by atoms with E-state index in [-0.39, 0.29) is 17.9 Å². The van der Waals surface area contributed by atoms with Gasteiger partial charge in [-0.1, -0.05) is 30.3 Å². The van der Waals surface area contributed by atoms with E-state index in [9.17, 15) is 9.59 Å². The van der Waals surface area contributed by atoms with Gasteiger partial charge in [0, 0.05) is 25.4 Å². The highest BCUT2D eigenvalue weighted by Crippen LogP contribution is 2.27. The summed E-state index contributed by atoms with van der Waals surface area (Å²) in [6, 6.07) is 14.3. The van der Waals surface area contributed by atoms with Crippen molar-refractivity contribution in [3.63, 3.8) is 0 Å². The molecule has 0 aliphatic heterocycles. The Morgan fingerprint density at radius 1 is 0.903 bits per heavy atom. The number of fused-ring (bicyclic) bond motifs is 1. The molecule has 0 radical (unpaired) electrons. The highest BCUT2D eigenvalue weighted by molar-refractivity contribution is 5.77. The van der Waals surface area contributed by atoms with E-state index in [0.717, 1.165) is 24.8 Å². The predicted molar refractivity (Wildman–Crippen MR) is 121 cm³/mol. The van der Waals surface area contributed by atoms with E-state index in [1.165, 1.54) is 11.1 Å². The molecule has 0 spiro atoms. The van der Waals surface area contributed by atoms with Gasteiger partial charge in [-0.15, -0.1) is 0 Å². The summed E-state index contributed by atoms with van der Waals surface area (Å²) in [7, 11) is 3.21. The number of amides is 2. The minimum absolute atomic E-state index is 0.0205. The summed E-state index contributed by atoms with van der Waals surface area (Å²) in [6.07, 6.45) is 4.86. The Hall–Kier alpha value is -3.02. The summed E-state index contributed by atoms with van der Waals surface area (Å²) < 4.78 is 10.5. The molecule has 31 heavy (non-hydrogen) atoms. The van der Waals surface area contributed by atoms with Gasteiger partial charge in [0.05, 0.1) is 14.2 Å². The number of rotatable bonds is 11. The van der Waals surface area contributed by atoms with Gasteiger partial charge in [0.1, 0.15) is 0 Å². The molecule has 1 aliphatic carbocycles. The molecule has 0 bridgehead atoms. The van der Waals surface area contributed by atoms with Crippen LogP contribution in [0.15, 0.2) is 42.5 Å². The second-order valence-corrected chi connectivity index (χ2v) is 7.94. The van der Waals surface area contributed by atoms with Crippen LogP contribution in [-0.2, 0) is 28.9 Å². The third kappa shape index (κ3) is 6.74.